The normalized spacial score (nSPS) is 27.1. The monoisotopic (exact) mass is 263 g/mol. The zero-order valence-corrected chi connectivity index (χ0v) is 12.8. The van der Waals surface area contributed by atoms with Crippen LogP contribution >= 0.6 is 11.8 Å². The summed E-state index contributed by atoms with van der Waals surface area (Å²) >= 11 is 2.05. The highest BCUT2D eigenvalue weighted by atomic mass is 32.2. The van der Waals surface area contributed by atoms with E-state index < -0.39 is 0 Å². The van der Waals surface area contributed by atoms with E-state index in [1.807, 2.05) is 11.8 Å². The fourth-order valence-electron chi connectivity index (χ4n) is 2.77. The molecule has 2 unspecified atom stereocenters. The highest BCUT2D eigenvalue weighted by Crippen LogP contribution is 2.42. The van der Waals surface area contributed by atoms with Gasteiger partial charge < -0.3 is 5.32 Å². The number of aryl methyl sites for hydroxylation is 1. The van der Waals surface area contributed by atoms with Crippen LogP contribution in [0.15, 0.2) is 29.2 Å². The molecular weight excluding hydrogens is 238 g/mol. The van der Waals surface area contributed by atoms with Crippen LogP contribution in [0.3, 0.4) is 0 Å². The van der Waals surface area contributed by atoms with E-state index in [9.17, 15) is 0 Å². The number of hydrogen-bond donors (Lipinski definition) is 1. The molecule has 18 heavy (non-hydrogen) atoms. The van der Waals surface area contributed by atoms with Gasteiger partial charge in [0.15, 0.2) is 0 Å². The first-order chi connectivity index (χ1) is 8.50. The predicted molar refractivity (Wildman–Crippen MR) is 81.3 cm³/mol. The number of nitrogens with one attached hydrogen (secondary N) is 1. The molecule has 1 aliphatic rings. The summed E-state index contributed by atoms with van der Waals surface area (Å²) in [6, 6.07) is 9.60. The Kier molecular flexibility index (Phi) is 4.39. The first-order valence-electron chi connectivity index (χ1n) is 6.91. The van der Waals surface area contributed by atoms with Crippen LogP contribution in [0, 0.1) is 12.3 Å². The van der Waals surface area contributed by atoms with Gasteiger partial charge in [0.2, 0.25) is 0 Å². The second-order valence-corrected chi connectivity index (χ2v) is 7.58. The van der Waals surface area contributed by atoms with E-state index in [4.69, 9.17) is 0 Å². The summed E-state index contributed by atoms with van der Waals surface area (Å²) in [6.07, 6.45) is 3.94. The SMILES string of the molecule is CNC1CCC(C)(C)CC1Sc1ccc(C)cc1. The lowest BCUT2D eigenvalue weighted by molar-refractivity contribution is 0.218. The molecule has 1 nitrogen and oxygen atoms in total. The molecule has 1 N–H and O–H groups in total. The van der Waals surface area contributed by atoms with Crippen LogP contribution in [0.5, 0.6) is 0 Å². The van der Waals surface area contributed by atoms with Gasteiger partial charge >= 0.3 is 0 Å². The molecule has 0 aromatic heterocycles. The van der Waals surface area contributed by atoms with Crippen molar-refractivity contribution in [3.63, 3.8) is 0 Å². The van der Waals surface area contributed by atoms with Crippen molar-refractivity contribution in [2.24, 2.45) is 5.41 Å². The molecule has 1 fully saturated rings. The van der Waals surface area contributed by atoms with Gasteiger partial charge in [0.25, 0.3) is 0 Å². The summed E-state index contributed by atoms with van der Waals surface area (Å²) in [5, 5.41) is 4.20. The second-order valence-electron chi connectivity index (χ2n) is 6.27. The first-order valence-corrected chi connectivity index (χ1v) is 7.79. The Morgan fingerprint density at radius 1 is 1.22 bits per heavy atom. The predicted octanol–water partition coefficient (Wildman–Crippen LogP) is 4.25. The van der Waals surface area contributed by atoms with Crippen LogP contribution in [-0.4, -0.2) is 18.3 Å². The van der Waals surface area contributed by atoms with Crippen LogP contribution in [0.1, 0.15) is 38.7 Å². The van der Waals surface area contributed by atoms with Crippen molar-refractivity contribution in [3.05, 3.63) is 29.8 Å². The van der Waals surface area contributed by atoms with Crippen molar-refractivity contribution < 1.29 is 0 Å². The summed E-state index contributed by atoms with van der Waals surface area (Å²) in [7, 11) is 2.10. The van der Waals surface area contributed by atoms with Gasteiger partial charge in [-0.1, -0.05) is 31.5 Å². The van der Waals surface area contributed by atoms with E-state index in [0.717, 1.165) is 0 Å². The molecule has 1 aromatic carbocycles. The zero-order chi connectivity index (χ0) is 13.2. The number of hydrogen-bond acceptors (Lipinski definition) is 2. The molecule has 2 rings (SSSR count). The third-order valence-corrected chi connectivity index (χ3v) is 5.36. The molecule has 0 aliphatic heterocycles. The van der Waals surface area contributed by atoms with Crippen LogP contribution < -0.4 is 5.32 Å². The van der Waals surface area contributed by atoms with Gasteiger partial charge in [-0.2, -0.15) is 0 Å². The van der Waals surface area contributed by atoms with Crippen LogP contribution in [0.25, 0.3) is 0 Å². The molecule has 0 amide bonds. The lowest BCUT2D eigenvalue weighted by atomic mass is 9.75. The largest absolute Gasteiger partial charge is 0.316 e. The summed E-state index contributed by atoms with van der Waals surface area (Å²) in [6.45, 7) is 6.96. The molecule has 0 heterocycles. The number of benzene rings is 1. The smallest absolute Gasteiger partial charge is 0.0253 e. The minimum absolute atomic E-state index is 0.496. The molecule has 100 valence electrons. The van der Waals surface area contributed by atoms with Crippen LogP contribution in [-0.2, 0) is 0 Å². The fraction of sp³-hybridized carbons (Fsp3) is 0.625. The maximum absolute atomic E-state index is 3.50. The van der Waals surface area contributed by atoms with Gasteiger partial charge in [-0.15, -0.1) is 11.8 Å². The summed E-state index contributed by atoms with van der Waals surface area (Å²) in [4.78, 5) is 1.41. The van der Waals surface area contributed by atoms with Crippen LogP contribution in [0.2, 0.25) is 0 Å². The second kappa shape index (κ2) is 5.66. The lowest BCUT2D eigenvalue weighted by Gasteiger charge is -2.40. The molecule has 0 saturated heterocycles. The van der Waals surface area contributed by atoms with Crippen molar-refractivity contribution in [1.82, 2.24) is 5.32 Å². The maximum Gasteiger partial charge on any atom is 0.0253 e. The summed E-state index contributed by atoms with van der Waals surface area (Å²) in [5.41, 5.74) is 1.84. The summed E-state index contributed by atoms with van der Waals surface area (Å²) < 4.78 is 0. The Morgan fingerprint density at radius 3 is 2.50 bits per heavy atom. The highest BCUT2D eigenvalue weighted by Gasteiger charge is 2.34. The van der Waals surface area contributed by atoms with Crippen molar-refractivity contribution >= 4 is 11.8 Å². The van der Waals surface area contributed by atoms with E-state index >= 15 is 0 Å². The molecule has 1 aliphatic carbocycles. The van der Waals surface area contributed by atoms with E-state index in [1.54, 1.807) is 0 Å². The average Bonchev–Trinajstić information content (AvgIpc) is 2.31. The van der Waals surface area contributed by atoms with Crippen LogP contribution in [0.4, 0.5) is 0 Å². The molecule has 0 bridgehead atoms. The standard InChI is InChI=1S/C16H25NS/c1-12-5-7-13(8-6-12)18-15-11-16(2,3)10-9-14(15)17-4/h5-8,14-15,17H,9-11H2,1-4H3. The van der Waals surface area contributed by atoms with Crippen molar-refractivity contribution in [2.75, 3.05) is 7.05 Å². The van der Waals surface area contributed by atoms with E-state index in [-0.39, 0.29) is 0 Å². The van der Waals surface area contributed by atoms with E-state index in [1.165, 1.54) is 29.7 Å². The van der Waals surface area contributed by atoms with Gasteiger partial charge in [0.1, 0.15) is 0 Å². The molecule has 0 spiro atoms. The van der Waals surface area contributed by atoms with Gasteiger partial charge in [-0.3, -0.25) is 0 Å². The topological polar surface area (TPSA) is 12.0 Å². The minimum Gasteiger partial charge on any atom is -0.316 e. The quantitative estimate of drug-likeness (QED) is 0.875. The van der Waals surface area contributed by atoms with Crippen molar-refractivity contribution in [1.29, 1.82) is 0 Å². The fourth-order valence-corrected chi connectivity index (χ4v) is 4.38. The maximum atomic E-state index is 3.50. The molecule has 2 atom stereocenters. The van der Waals surface area contributed by atoms with Crippen molar-refractivity contribution in [2.45, 2.75) is 56.2 Å². The van der Waals surface area contributed by atoms with Gasteiger partial charge in [0, 0.05) is 16.2 Å². The van der Waals surface area contributed by atoms with E-state index in [2.05, 4.69) is 57.4 Å². The molecule has 0 radical (unpaired) electrons. The Morgan fingerprint density at radius 2 is 1.89 bits per heavy atom. The van der Waals surface area contributed by atoms with Gasteiger partial charge in [-0.05, 0) is 50.8 Å². The Hall–Kier alpha value is -0.470. The minimum atomic E-state index is 0.496. The molecule has 2 heteroatoms. The number of rotatable bonds is 3. The Balaban J connectivity index is 2.07. The third kappa shape index (κ3) is 3.52. The van der Waals surface area contributed by atoms with E-state index in [0.29, 0.717) is 16.7 Å². The molecule has 1 aromatic rings. The molecular formula is C16H25NS. The highest BCUT2D eigenvalue weighted by molar-refractivity contribution is 8.00. The van der Waals surface area contributed by atoms with Crippen molar-refractivity contribution in [3.8, 4) is 0 Å². The zero-order valence-electron chi connectivity index (χ0n) is 12.0. The Labute approximate surface area is 116 Å². The summed E-state index contributed by atoms with van der Waals surface area (Å²) in [5.74, 6) is 0. The third-order valence-electron chi connectivity index (χ3n) is 4.01. The average molecular weight is 263 g/mol. The molecule has 1 saturated carbocycles. The van der Waals surface area contributed by atoms with Gasteiger partial charge in [-0.25, -0.2) is 0 Å². The Bertz CT molecular complexity index is 383. The number of thioether (sulfide) groups is 1. The lowest BCUT2D eigenvalue weighted by Crippen LogP contribution is -2.43. The first kappa shape index (κ1) is 14.0. The van der Waals surface area contributed by atoms with Gasteiger partial charge in [0.05, 0.1) is 0 Å².